The van der Waals surface area contributed by atoms with Crippen LogP contribution in [0.2, 0.25) is 0 Å². The van der Waals surface area contributed by atoms with E-state index in [2.05, 4.69) is 25.1 Å². The summed E-state index contributed by atoms with van der Waals surface area (Å²) in [5.41, 5.74) is 2.44. The Kier molecular flexibility index (Phi) is 3.83. The standard InChI is InChI=1S/C14H19N5/c1-6-19(8-3-14-11-15-4-5-16-14)7-2-12(1)13-9-17-18-10-13/h4-5,9-12H,1-3,6-8H2,(H,17,18). The molecule has 0 saturated carbocycles. The summed E-state index contributed by atoms with van der Waals surface area (Å²) < 4.78 is 0. The molecule has 2 aromatic rings. The number of likely N-dealkylation sites (tertiary alicyclic amines) is 1. The van der Waals surface area contributed by atoms with E-state index < -0.39 is 0 Å². The van der Waals surface area contributed by atoms with Crippen LogP contribution in [0.15, 0.2) is 31.0 Å². The van der Waals surface area contributed by atoms with Crippen LogP contribution in [-0.4, -0.2) is 44.7 Å². The monoisotopic (exact) mass is 257 g/mol. The summed E-state index contributed by atoms with van der Waals surface area (Å²) >= 11 is 0. The number of nitrogens with one attached hydrogen (secondary N) is 1. The Morgan fingerprint density at radius 2 is 2.11 bits per heavy atom. The molecular formula is C14H19N5. The number of aromatic amines is 1. The van der Waals surface area contributed by atoms with Gasteiger partial charge in [-0.3, -0.25) is 15.1 Å². The number of piperidine rings is 1. The Hall–Kier alpha value is -1.75. The van der Waals surface area contributed by atoms with E-state index in [0.717, 1.165) is 31.7 Å². The lowest BCUT2D eigenvalue weighted by Crippen LogP contribution is -2.34. The van der Waals surface area contributed by atoms with E-state index in [1.54, 1.807) is 12.4 Å². The van der Waals surface area contributed by atoms with Gasteiger partial charge in [-0.1, -0.05) is 0 Å². The summed E-state index contributed by atoms with van der Waals surface area (Å²) in [7, 11) is 0. The summed E-state index contributed by atoms with van der Waals surface area (Å²) in [5.74, 6) is 0.673. The first-order valence-corrected chi connectivity index (χ1v) is 6.88. The number of aromatic nitrogens is 4. The lowest BCUT2D eigenvalue weighted by Gasteiger charge is -2.31. The molecule has 0 aliphatic carbocycles. The van der Waals surface area contributed by atoms with Crippen molar-refractivity contribution < 1.29 is 0 Å². The van der Waals surface area contributed by atoms with Crippen molar-refractivity contribution in [2.24, 2.45) is 0 Å². The fourth-order valence-corrected chi connectivity index (χ4v) is 2.71. The molecule has 5 nitrogen and oxygen atoms in total. The molecule has 3 rings (SSSR count). The van der Waals surface area contributed by atoms with Crippen LogP contribution in [0.3, 0.4) is 0 Å². The van der Waals surface area contributed by atoms with E-state index in [1.807, 2.05) is 18.6 Å². The van der Waals surface area contributed by atoms with Crippen molar-refractivity contribution in [2.75, 3.05) is 19.6 Å². The van der Waals surface area contributed by atoms with Crippen molar-refractivity contribution in [1.82, 2.24) is 25.1 Å². The molecule has 0 spiro atoms. The van der Waals surface area contributed by atoms with E-state index in [4.69, 9.17) is 0 Å². The molecule has 5 heteroatoms. The topological polar surface area (TPSA) is 57.7 Å². The smallest absolute Gasteiger partial charge is 0.0599 e. The predicted octanol–water partition coefficient (Wildman–Crippen LogP) is 1.62. The van der Waals surface area contributed by atoms with Gasteiger partial charge in [0, 0.05) is 37.8 Å². The summed E-state index contributed by atoms with van der Waals surface area (Å²) in [6.45, 7) is 3.41. The number of nitrogens with zero attached hydrogens (tertiary/aromatic N) is 4. The van der Waals surface area contributed by atoms with Crippen LogP contribution in [0.5, 0.6) is 0 Å². The maximum Gasteiger partial charge on any atom is 0.0599 e. The first-order valence-electron chi connectivity index (χ1n) is 6.88. The van der Waals surface area contributed by atoms with Crippen molar-refractivity contribution in [3.63, 3.8) is 0 Å². The molecule has 1 aliphatic rings. The second kappa shape index (κ2) is 5.93. The first kappa shape index (κ1) is 12.3. The normalized spacial score (nSPS) is 17.7. The second-order valence-corrected chi connectivity index (χ2v) is 5.09. The quantitative estimate of drug-likeness (QED) is 0.904. The highest BCUT2D eigenvalue weighted by atomic mass is 15.1. The van der Waals surface area contributed by atoms with Crippen LogP contribution in [0.4, 0.5) is 0 Å². The average molecular weight is 257 g/mol. The maximum absolute atomic E-state index is 4.32. The molecule has 0 atom stereocenters. The Morgan fingerprint density at radius 1 is 1.21 bits per heavy atom. The minimum absolute atomic E-state index is 0.673. The first-order chi connectivity index (χ1) is 9.42. The highest BCUT2D eigenvalue weighted by Gasteiger charge is 2.20. The van der Waals surface area contributed by atoms with Gasteiger partial charge >= 0.3 is 0 Å². The molecule has 0 unspecified atom stereocenters. The van der Waals surface area contributed by atoms with Crippen molar-refractivity contribution in [3.8, 4) is 0 Å². The van der Waals surface area contributed by atoms with Gasteiger partial charge in [0.2, 0.25) is 0 Å². The van der Waals surface area contributed by atoms with E-state index in [-0.39, 0.29) is 0 Å². The minimum Gasteiger partial charge on any atom is -0.303 e. The van der Waals surface area contributed by atoms with Gasteiger partial charge in [0.05, 0.1) is 11.9 Å². The number of hydrogen-bond donors (Lipinski definition) is 1. The molecule has 1 saturated heterocycles. The van der Waals surface area contributed by atoms with E-state index in [0.29, 0.717) is 5.92 Å². The summed E-state index contributed by atoms with van der Waals surface area (Å²) in [5, 5.41) is 6.94. The largest absolute Gasteiger partial charge is 0.303 e. The Morgan fingerprint density at radius 3 is 2.79 bits per heavy atom. The predicted molar refractivity (Wildman–Crippen MR) is 72.7 cm³/mol. The van der Waals surface area contributed by atoms with E-state index >= 15 is 0 Å². The zero-order valence-corrected chi connectivity index (χ0v) is 11.0. The van der Waals surface area contributed by atoms with Gasteiger partial charge < -0.3 is 4.90 Å². The van der Waals surface area contributed by atoms with Crippen LogP contribution < -0.4 is 0 Å². The van der Waals surface area contributed by atoms with Crippen LogP contribution in [0.1, 0.15) is 30.0 Å². The zero-order chi connectivity index (χ0) is 12.9. The molecule has 0 radical (unpaired) electrons. The van der Waals surface area contributed by atoms with Gasteiger partial charge in [-0.05, 0) is 37.4 Å². The van der Waals surface area contributed by atoms with Gasteiger partial charge in [-0.2, -0.15) is 5.10 Å². The maximum atomic E-state index is 4.32. The van der Waals surface area contributed by atoms with Gasteiger partial charge in [-0.15, -0.1) is 0 Å². The van der Waals surface area contributed by atoms with Crippen LogP contribution >= 0.6 is 0 Å². The van der Waals surface area contributed by atoms with Crippen molar-refractivity contribution >= 4 is 0 Å². The molecule has 1 fully saturated rings. The number of hydrogen-bond acceptors (Lipinski definition) is 4. The van der Waals surface area contributed by atoms with Crippen LogP contribution in [0.25, 0.3) is 0 Å². The fourth-order valence-electron chi connectivity index (χ4n) is 2.71. The third-order valence-electron chi connectivity index (χ3n) is 3.88. The Bertz CT molecular complexity index is 474. The molecular weight excluding hydrogens is 238 g/mol. The Balaban J connectivity index is 1.46. The van der Waals surface area contributed by atoms with Crippen molar-refractivity contribution in [1.29, 1.82) is 0 Å². The minimum atomic E-state index is 0.673. The number of rotatable bonds is 4. The van der Waals surface area contributed by atoms with Gasteiger partial charge in [0.15, 0.2) is 0 Å². The van der Waals surface area contributed by atoms with Crippen molar-refractivity contribution in [2.45, 2.75) is 25.2 Å². The fraction of sp³-hybridized carbons (Fsp3) is 0.500. The lowest BCUT2D eigenvalue weighted by molar-refractivity contribution is 0.214. The summed E-state index contributed by atoms with van der Waals surface area (Å²) in [6, 6.07) is 0. The van der Waals surface area contributed by atoms with Crippen molar-refractivity contribution in [3.05, 3.63) is 42.2 Å². The number of H-pyrrole nitrogens is 1. The second-order valence-electron chi connectivity index (χ2n) is 5.09. The van der Waals surface area contributed by atoms with Crippen LogP contribution in [-0.2, 0) is 6.42 Å². The summed E-state index contributed by atoms with van der Waals surface area (Å²) in [4.78, 5) is 10.9. The molecule has 0 amide bonds. The molecule has 1 aliphatic heterocycles. The molecule has 0 bridgehead atoms. The molecule has 2 aromatic heterocycles. The van der Waals surface area contributed by atoms with E-state index in [9.17, 15) is 0 Å². The Labute approximate surface area is 113 Å². The third kappa shape index (κ3) is 3.17. The molecule has 1 N–H and O–H groups in total. The summed E-state index contributed by atoms with van der Waals surface area (Å²) in [6.07, 6.45) is 12.8. The lowest BCUT2D eigenvalue weighted by atomic mass is 9.91. The average Bonchev–Trinajstić information content (AvgIpc) is 3.01. The zero-order valence-electron chi connectivity index (χ0n) is 11.0. The van der Waals surface area contributed by atoms with Crippen LogP contribution in [0, 0.1) is 0 Å². The SMILES string of the molecule is c1cnc(CCN2CCC(c3cn[nH]c3)CC2)cn1. The molecule has 19 heavy (non-hydrogen) atoms. The molecule has 0 aromatic carbocycles. The molecule has 3 heterocycles. The van der Waals surface area contributed by atoms with Gasteiger partial charge in [0.25, 0.3) is 0 Å². The van der Waals surface area contributed by atoms with E-state index in [1.165, 1.54) is 18.4 Å². The van der Waals surface area contributed by atoms with Gasteiger partial charge in [0.1, 0.15) is 0 Å². The highest BCUT2D eigenvalue weighted by molar-refractivity contribution is 5.11. The third-order valence-corrected chi connectivity index (χ3v) is 3.88. The highest BCUT2D eigenvalue weighted by Crippen LogP contribution is 2.26. The van der Waals surface area contributed by atoms with Gasteiger partial charge in [-0.25, -0.2) is 0 Å². The molecule has 100 valence electrons.